The van der Waals surface area contributed by atoms with Gasteiger partial charge in [-0.2, -0.15) is 0 Å². The van der Waals surface area contributed by atoms with Gasteiger partial charge in [0.1, 0.15) is 11.2 Å². The highest BCUT2D eigenvalue weighted by atomic mass is 32.1. The van der Waals surface area contributed by atoms with Crippen molar-refractivity contribution >= 4 is 96.5 Å². The first kappa shape index (κ1) is 33.5. The molecule has 0 bridgehead atoms. The van der Waals surface area contributed by atoms with Crippen LogP contribution in [-0.2, 0) is 0 Å². The van der Waals surface area contributed by atoms with Crippen LogP contribution in [0.25, 0.3) is 130 Å². The number of rotatable bonds is 4. The van der Waals surface area contributed by atoms with E-state index in [0.717, 1.165) is 27.5 Å². The number of fused-ring (bicyclic) bond motifs is 10. The Morgan fingerprint density at radius 3 is 1.30 bits per heavy atom. The molecular weight excluding hydrogens is 745 g/mol. The summed E-state index contributed by atoms with van der Waals surface area (Å²) in [7, 11) is 0. The second kappa shape index (κ2) is 13.0. The summed E-state index contributed by atoms with van der Waals surface area (Å²) >= 11 is 1.89. The van der Waals surface area contributed by atoms with Crippen LogP contribution in [0.2, 0.25) is 0 Å². The number of hydrogen-bond donors (Lipinski definition) is 0. The van der Waals surface area contributed by atoms with Crippen molar-refractivity contribution in [1.82, 2.24) is 0 Å². The Labute approximate surface area is 350 Å². The van der Waals surface area contributed by atoms with E-state index >= 15 is 0 Å². The summed E-state index contributed by atoms with van der Waals surface area (Å²) in [6.45, 7) is 0. The molecular formula is C58H34OS. The van der Waals surface area contributed by atoms with E-state index in [9.17, 15) is 0 Å². The van der Waals surface area contributed by atoms with Gasteiger partial charge in [-0.3, -0.25) is 0 Å². The molecule has 0 spiro atoms. The van der Waals surface area contributed by atoms with Crippen LogP contribution in [0.4, 0.5) is 0 Å². The summed E-state index contributed by atoms with van der Waals surface area (Å²) in [6, 6.07) is 75.4. The molecule has 1 nitrogen and oxygen atoms in total. The van der Waals surface area contributed by atoms with Crippen LogP contribution in [0, 0.1) is 0 Å². The molecule has 0 fully saturated rings. The number of benzene rings is 11. The van der Waals surface area contributed by atoms with Crippen LogP contribution >= 0.6 is 11.3 Å². The minimum Gasteiger partial charge on any atom is -0.455 e. The standard InChI is InChI=1S/C58H34OS/c1-2-17-35(18-3-1)52-37-20-4-6-22-39(37)53(40-23-7-5-21-38(40)52)46-29-16-33-50-56(46)48-31-15-30-47(57(48)59-50)54-41-24-8-10-26-43(41)55(44-27-11-9-25-42(44)54)49-32-14-28-45-36-19-12-13-34-51(36)60-58(45)49/h1-34H. The lowest BCUT2D eigenvalue weighted by Crippen LogP contribution is -1.91. The van der Waals surface area contributed by atoms with Gasteiger partial charge in [0, 0.05) is 47.6 Å². The summed E-state index contributed by atoms with van der Waals surface area (Å²) in [5.41, 5.74) is 11.5. The summed E-state index contributed by atoms with van der Waals surface area (Å²) in [5.74, 6) is 0. The molecule has 2 aromatic heterocycles. The van der Waals surface area contributed by atoms with Gasteiger partial charge in [-0.25, -0.2) is 0 Å². The Bertz CT molecular complexity index is 3770. The van der Waals surface area contributed by atoms with E-state index in [-0.39, 0.29) is 0 Å². The number of hydrogen-bond acceptors (Lipinski definition) is 2. The molecule has 0 atom stereocenters. The summed E-state index contributed by atoms with van der Waals surface area (Å²) < 4.78 is 9.76. The van der Waals surface area contributed by atoms with E-state index in [4.69, 9.17) is 4.42 Å². The zero-order chi connectivity index (χ0) is 39.3. The number of para-hydroxylation sites is 1. The van der Waals surface area contributed by atoms with E-state index in [1.54, 1.807) is 0 Å². The first-order valence-electron chi connectivity index (χ1n) is 20.6. The molecule has 13 rings (SSSR count). The molecule has 0 N–H and O–H groups in total. The maximum Gasteiger partial charge on any atom is 0.143 e. The smallest absolute Gasteiger partial charge is 0.143 e. The Balaban J connectivity index is 1.11. The maximum absolute atomic E-state index is 7.12. The lowest BCUT2D eigenvalue weighted by molar-refractivity contribution is 0.670. The van der Waals surface area contributed by atoms with Crippen molar-refractivity contribution < 1.29 is 4.42 Å². The van der Waals surface area contributed by atoms with E-state index in [1.165, 1.54) is 102 Å². The van der Waals surface area contributed by atoms with Gasteiger partial charge in [0.15, 0.2) is 0 Å². The third-order valence-electron chi connectivity index (χ3n) is 12.7. The minimum absolute atomic E-state index is 0.886. The average Bonchev–Trinajstić information content (AvgIpc) is 3.90. The Morgan fingerprint density at radius 1 is 0.283 bits per heavy atom. The number of furan rings is 1. The van der Waals surface area contributed by atoms with E-state index in [0.29, 0.717) is 0 Å². The first-order valence-corrected chi connectivity index (χ1v) is 21.4. The monoisotopic (exact) mass is 778 g/mol. The third-order valence-corrected chi connectivity index (χ3v) is 13.9. The average molecular weight is 779 g/mol. The van der Waals surface area contributed by atoms with Crippen LogP contribution in [0.15, 0.2) is 211 Å². The van der Waals surface area contributed by atoms with Crippen LogP contribution in [0.3, 0.4) is 0 Å². The van der Waals surface area contributed by atoms with Gasteiger partial charge in [-0.1, -0.05) is 194 Å². The lowest BCUT2D eigenvalue weighted by Gasteiger charge is -2.18. The fraction of sp³-hybridized carbons (Fsp3) is 0. The fourth-order valence-electron chi connectivity index (χ4n) is 10.2. The van der Waals surface area contributed by atoms with E-state index in [1.807, 2.05) is 11.3 Å². The number of thiophene rings is 1. The fourth-order valence-corrected chi connectivity index (χ4v) is 11.5. The zero-order valence-corrected chi connectivity index (χ0v) is 33.3. The van der Waals surface area contributed by atoms with Crippen LogP contribution in [0.5, 0.6) is 0 Å². The highest BCUT2D eigenvalue weighted by molar-refractivity contribution is 7.26. The van der Waals surface area contributed by atoms with Gasteiger partial charge in [0.25, 0.3) is 0 Å². The summed E-state index contributed by atoms with van der Waals surface area (Å²) in [6.07, 6.45) is 0. The van der Waals surface area contributed by atoms with Crippen LogP contribution in [0.1, 0.15) is 0 Å². The predicted octanol–water partition coefficient (Wildman–Crippen LogP) is 17.2. The van der Waals surface area contributed by atoms with Crippen molar-refractivity contribution in [2.75, 3.05) is 0 Å². The van der Waals surface area contributed by atoms with Crippen molar-refractivity contribution in [1.29, 1.82) is 0 Å². The molecule has 60 heavy (non-hydrogen) atoms. The molecule has 278 valence electrons. The van der Waals surface area contributed by atoms with Gasteiger partial charge in [0.2, 0.25) is 0 Å². The summed E-state index contributed by atoms with van der Waals surface area (Å²) in [5, 5.41) is 14.7. The Kier molecular flexibility index (Phi) is 7.24. The molecule has 0 aliphatic rings. The second-order valence-corrected chi connectivity index (χ2v) is 16.8. The van der Waals surface area contributed by atoms with Gasteiger partial charge in [-0.05, 0) is 83.0 Å². The van der Waals surface area contributed by atoms with Gasteiger partial charge in [0.05, 0.1) is 0 Å². The van der Waals surface area contributed by atoms with Crippen molar-refractivity contribution in [3.8, 4) is 44.5 Å². The Hall–Kier alpha value is -7.52. The van der Waals surface area contributed by atoms with Crippen molar-refractivity contribution in [2.24, 2.45) is 0 Å². The molecule has 2 heteroatoms. The van der Waals surface area contributed by atoms with Crippen molar-refractivity contribution in [2.45, 2.75) is 0 Å². The third kappa shape index (κ3) is 4.74. The minimum atomic E-state index is 0.886. The molecule has 2 heterocycles. The van der Waals surface area contributed by atoms with Gasteiger partial charge >= 0.3 is 0 Å². The first-order chi connectivity index (χ1) is 29.8. The van der Waals surface area contributed by atoms with Crippen LogP contribution < -0.4 is 0 Å². The van der Waals surface area contributed by atoms with E-state index in [2.05, 4.69) is 206 Å². The van der Waals surface area contributed by atoms with Crippen LogP contribution in [-0.4, -0.2) is 0 Å². The van der Waals surface area contributed by atoms with Gasteiger partial charge in [-0.15, -0.1) is 11.3 Å². The van der Waals surface area contributed by atoms with Crippen molar-refractivity contribution in [3.05, 3.63) is 206 Å². The predicted molar refractivity (Wildman–Crippen MR) is 258 cm³/mol. The molecule has 0 radical (unpaired) electrons. The topological polar surface area (TPSA) is 13.1 Å². The zero-order valence-electron chi connectivity index (χ0n) is 32.4. The highest BCUT2D eigenvalue weighted by Gasteiger charge is 2.24. The molecule has 0 amide bonds. The highest BCUT2D eigenvalue weighted by Crippen LogP contribution is 2.51. The lowest BCUT2D eigenvalue weighted by atomic mass is 9.84. The second-order valence-electron chi connectivity index (χ2n) is 15.8. The normalized spacial score (nSPS) is 12.0. The SMILES string of the molecule is c1ccc(-c2c3ccccc3c(-c3cccc4oc5c(-c6c7ccccc7c(-c7cccc8c7sc7ccccc78)c7ccccc67)cccc5c34)c3ccccc23)cc1. The summed E-state index contributed by atoms with van der Waals surface area (Å²) in [4.78, 5) is 0. The van der Waals surface area contributed by atoms with Gasteiger partial charge < -0.3 is 4.42 Å². The van der Waals surface area contributed by atoms with Crippen molar-refractivity contribution in [3.63, 3.8) is 0 Å². The molecule has 0 aliphatic carbocycles. The molecule has 11 aromatic carbocycles. The molecule has 0 saturated heterocycles. The quantitative estimate of drug-likeness (QED) is 0.162. The molecule has 0 saturated carbocycles. The largest absolute Gasteiger partial charge is 0.455 e. The maximum atomic E-state index is 7.12. The molecule has 0 unspecified atom stereocenters. The molecule has 0 aliphatic heterocycles. The van der Waals surface area contributed by atoms with E-state index < -0.39 is 0 Å². The Morgan fingerprint density at radius 2 is 0.700 bits per heavy atom. The molecule has 13 aromatic rings.